The highest BCUT2D eigenvalue weighted by molar-refractivity contribution is 5.81. The molecule has 0 heterocycles. The van der Waals surface area contributed by atoms with E-state index in [-0.39, 0.29) is 5.97 Å². The van der Waals surface area contributed by atoms with Crippen molar-refractivity contribution in [3.05, 3.63) is 48.0 Å². The lowest BCUT2D eigenvalue weighted by Crippen LogP contribution is -1.99. The van der Waals surface area contributed by atoms with Gasteiger partial charge in [-0.3, -0.25) is 0 Å². The number of esters is 1. The molecule has 0 aromatic heterocycles. The first-order valence-corrected chi connectivity index (χ1v) is 5.78. The predicted molar refractivity (Wildman–Crippen MR) is 66.5 cm³/mol. The van der Waals surface area contributed by atoms with E-state index in [9.17, 15) is 4.79 Å². The van der Waals surface area contributed by atoms with Gasteiger partial charge in [0.25, 0.3) is 0 Å². The second-order valence-electron chi connectivity index (χ2n) is 3.48. The minimum atomic E-state index is -0.296. The second kappa shape index (κ2) is 8.53. The average molecular weight is 234 g/mol. The molecule has 17 heavy (non-hydrogen) atoms. The summed E-state index contributed by atoms with van der Waals surface area (Å²) >= 11 is 0. The van der Waals surface area contributed by atoms with Crippen LogP contribution in [0.15, 0.2) is 42.5 Å². The third kappa shape index (κ3) is 6.53. The first-order chi connectivity index (χ1) is 8.33. The fourth-order valence-electron chi connectivity index (χ4n) is 1.29. The number of ether oxygens (including phenoxy) is 2. The smallest absolute Gasteiger partial charge is 0.330 e. The van der Waals surface area contributed by atoms with Gasteiger partial charge in [0, 0.05) is 6.08 Å². The van der Waals surface area contributed by atoms with Crippen LogP contribution in [0.2, 0.25) is 0 Å². The lowest BCUT2D eigenvalue weighted by atomic mass is 10.2. The first kappa shape index (κ1) is 13.5. The van der Waals surface area contributed by atoms with Gasteiger partial charge in [0.05, 0.1) is 19.8 Å². The highest BCUT2D eigenvalue weighted by atomic mass is 16.5. The van der Waals surface area contributed by atoms with E-state index in [4.69, 9.17) is 9.47 Å². The molecule has 0 aliphatic rings. The van der Waals surface area contributed by atoms with Gasteiger partial charge in [-0.05, 0) is 18.9 Å². The Morgan fingerprint density at radius 2 is 2.06 bits per heavy atom. The number of carbonyl (C=O) groups excluding carboxylic acids is 1. The van der Waals surface area contributed by atoms with Crippen LogP contribution in [0, 0.1) is 0 Å². The Bertz CT molecular complexity index is 344. The van der Waals surface area contributed by atoms with Gasteiger partial charge in [-0.15, -0.1) is 0 Å². The molecule has 1 aromatic rings. The van der Waals surface area contributed by atoms with Crippen molar-refractivity contribution in [3.63, 3.8) is 0 Å². The molecule has 0 aliphatic heterocycles. The Morgan fingerprint density at radius 3 is 2.76 bits per heavy atom. The first-order valence-electron chi connectivity index (χ1n) is 5.78. The zero-order chi connectivity index (χ0) is 12.3. The summed E-state index contributed by atoms with van der Waals surface area (Å²) in [5.41, 5.74) is 1.15. The van der Waals surface area contributed by atoms with Crippen LogP contribution in [0.4, 0.5) is 0 Å². The average Bonchev–Trinajstić information content (AvgIpc) is 2.35. The van der Waals surface area contributed by atoms with Gasteiger partial charge >= 0.3 is 5.97 Å². The quantitative estimate of drug-likeness (QED) is 0.413. The predicted octanol–water partition coefficient (Wildman–Crippen LogP) is 2.71. The summed E-state index contributed by atoms with van der Waals surface area (Å²) < 4.78 is 10.2. The van der Waals surface area contributed by atoms with Crippen LogP contribution in [-0.2, 0) is 20.9 Å². The molecule has 0 N–H and O–H groups in total. The van der Waals surface area contributed by atoms with E-state index in [0.717, 1.165) is 5.56 Å². The number of rotatable bonds is 7. The lowest BCUT2D eigenvalue weighted by Gasteiger charge is -2.01. The maximum atomic E-state index is 10.9. The number of carbonyl (C=O) groups is 1. The van der Waals surface area contributed by atoms with Gasteiger partial charge in [-0.25, -0.2) is 4.79 Å². The van der Waals surface area contributed by atoms with E-state index >= 15 is 0 Å². The molecule has 92 valence electrons. The van der Waals surface area contributed by atoms with Crippen molar-refractivity contribution in [2.45, 2.75) is 20.0 Å². The summed E-state index contributed by atoms with van der Waals surface area (Å²) in [7, 11) is 0. The maximum absolute atomic E-state index is 10.9. The molecule has 0 spiro atoms. The van der Waals surface area contributed by atoms with E-state index < -0.39 is 0 Å². The highest BCUT2D eigenvalue weighted by Gasteiger charge is 1.93. The third-order valence-corrected chi connectivity index (χ3v) is 2.08. The Kier molecular flexibility index (Phi) is 6.75. The minimum Gasteiger partial charge on any atom is -0.463 e. The molecule has 0 saturated heterocycles. The van der Waals surface area contributed by atoms with Gasteiger partial charge in [-0.2, -0.15) is 0 Å². The van der Waals surface area contributed by atoms with Crippen LogP contribution < -0.4 is 0 Å². The van der Waals surface area contributed by atoms with Crippen LogP contribution >= 0.6 is 0 Å². The summed E-state index contributed by atoms with van der Waals surface area (Å²) in [4.78, 5) is 10.9. The molecule has 1 rings (SSSR count). The molecule has 3 nitrogen and oxygen atoms in total. The van der Waals surface area contributed by atoms with Crippen molar-refractivity contribution < 1.29 is 14.3 Å². The van der Waals surface area contributed by atoms with Crippen LogP contribution in [0.25, 0.3) is 0 Å². The molecule has 0 aliphatic carbocycles. The normalized spacial score (nSPS) is 10.6. The van der Waals surface area contributed by atoms with Gasteiger partial charge in [-0.1, -0.05) is 36.4 Å². The van der Waals surface area contributed by atoms with Gasteiger partial charge in [0.1, 0.15) is 0 Å². The molecular weight excluding hydrogens is 216 g/mol. The van der Waals surface area contributed by atoms with Crippen LogP contribution in [0.3, 0.4) is 0 Å². The fourth-order valence-corrected chi connectivity index (χ4v) is 1.29. The maximum Gasteiger partial charge on any atom is 0.330 e. The SMILES string of the molecule is CCOC(=O)/C=C/CCOCc1ccccc1. The van der Waals surface area contributed by atoms with Crippen molar-refractivity contribution in [3.8, 4) is 0 Å². The molecule has 3 heteroatoms. The van der Waals surface area contributed by atoms with E-state index in [0.29, 0.717) is 26.2 Å². The monoisotopic (exact) mass is 234 g/mol. The van der Waals surface area contributed by atoms with Crippen LogP contribution in [0.5, 0.6) is 0 Å². The van der Waals surface area contributed by atoms with Crippen molar-refractivity contribution in [1.29, 1.82) is 0 Å². The number of hydrogen-bond donors (Lipinski definition) is 0. The number of hydrogen-bond acceptors (Lipinski definition) is 3. The van der Waals surface area contributed by atoms with Crippen molar-refractivity contribution in [2.24, 2.45) is 0 Å². The van der Waals surface area contributed by atoms with E-state index in [1.807, 2.05) is 30.3 Å². The molecule has 0 bridgehead atoms. The van der Waals surface area contributed by atoms with Crippen LogP contribution in [0.1, 0.15) is 18.9 Å². The highest BCUT2D eigenvalue weighted by Crippen LogP contribution is 2.00. The van der Waals surface area contributed by atoms with Crippen molar-refractivity contribution in [2.75, 3.05) is 13.2 Å². The summed E-state index contributed by atoms with van der Waals surface area (Å²) in [6, 6.07) is 9.99. The van der Waals surface area contributed by atoms with Gasteiger partial charge < -0.3 is 9.47 Å². The summed E-state index contributed by atoms with van der Waals surface area (Å²) in [6.07, 6.45) is 3.92. The Hall–Kier alpha value is -1.61. The third-order valence-electron chi connectivity index (χ3n) is 2.08. The second-order valence-corrected chi connectivity index (χ2v) is 3.48. The number of benzene rings is 1. The topological polar surface area (TPSA) is 35.5 Å². The summed E-state index contributed by atoms with van der Waals surface area (Å²) in [6.45, 7) is 3.40. The van der Waals surface area contributed by atoms with E-state index in [1.165, 1.54) is 6.08 Å². The Morgan fingerprint density at radius 1 is 1.29 bits per heavy atom. The fraction of sp³-hybridized carbons (Fsp3) is 0.357. The zero-order valence-electron chi connectivity index (χ0n) is 10.1. The van der Waals surface area contributed by atoms with Gasteiger partial charge in [0.15, 0.2) is 0 Å². The Labute approximate surface area is 102 Å². The van der Waals surface area contributed by atoms with E-state index in [1.54, 1.807) is 13.0 Å². The molecule has 0 saturated carbocycles. The zero-order valence-corrected chi connectivity index (χ0v) is 10.1. The van der Waals surface area contributed by atoms with Crippen molar-refractivity contribution >= 4 is 5.97 Å². The Balaban J connectivity index is 2.07. The molecule has 0 radical (unpaired) electrons. The summed E-state index contributed by atoms with van der Waals surface area (Å²) in [5.74, 6) is -0.296. The van der Waals surface area contributed by atoms with Crippen LogP contribution in [-0.4, -0.2) is 19.2 Å². The molecule has 1 aromatic carbocycles. The van der Waals surface area contributed by atoms with Crippen molar-refractivity contribution in [1.82, 2.24) is 0 Å². The van der Waals surface area contributed by atoms with E-state index in [2.05, 4.69) is 0 Å². The molecule has 0 unspecified atom stereocenters. The molecule has 0 fully saturated rings. The molecule has 0 atom stereocenters. The largest absolute Gasteiger partial charge is 0.463 e. The standard InChI is InChI=1S/C14H18O3/c1-2-17-14(15)10-6-7-11-16-12-13-8-4-3-5-9-13/h3-6,8-10H,2,7,11-12H2,1H3/b10-6+. The lowest BCUT2D eigenvalue weighted by molar-refractivity contribution is -0.137. The van der Waals surface area contributed by atoms with Gasteiger partial charge in [0.2, 0.25) is 0 Å². The minimum absolute atomic E-state index is 0.296. The summed E-state index contributed by atoms with van der Waals surface area (Å²) in [5, 5.41) is 0. The molecule has 0 amide bonds. The molecular formula is C14H18O3.